The van der Waals surface area contributed by atoms with Gasteiger partial charge in [-0.2, -0.15) is 0 Å². The summed E-state index contributed by atoms with van der Waals surface area (Å²) in [5.74, 6) is 1.65. The first-order valence-electron chi connectivity index (χ1n) is 7.53. The van der Waals surface area contributed by atoms with Crippen molar-refractivity contribution in [2.45, 2.75) is 38.6 Å². The minimum absolute atomic E-state index is 0.0637. The van der Waals surface area contributed by atoms with E-state index in [-0.39, 0.29) is 6.04 Å². The van der Waals surface area contributed by atoms with Crippen LogP contribution in [0.4, 0.5) is 0 Å². The Morgan fingerprint density at radius 1 is 1.43 bits per heavy atom. The quantitative estimate of drug-likeness (QED) is 0.940. The van der Waals surface area contributed by atoms with Gasteiger partial charge in [0.25, 0.3) is 0 Å². The number of hydrogen-bond acceptors (Lipinski definition) is 4. The number of ether oxygens (including phenoxy) is 1. The van der Waals surface area contributed by atoms with Crippen molar-refractivity contribution in [1.29, 1.82) is 0 Å². The number of para-hydroxylation sites is 1. The van der Waals surface area contributed by atoms with Gasteiger partial charge in [0, 0.05) is 22.9 Å². The van der Waals surface area contributed by atoms with Crippen LogP contribution in [-0.4, -0.2) is 12.1 Å². The van der Waals surface area contributed by atoms with E-state index in [2.05, 4.69) is 6.92 Å². The molecule has 1 heterocycles. The molecule has 0 spiro atoms. The Morgan fingerprint density at radius 3 is 3.05 bits per heavy atom. The summed E-state index contributed by atoms with van der Waals surface area (Å²) in [7, 11) is 1.69. The Balaban J connectivity index is 1.77. The molecule has 0 fully saturated rings. The van der Waals surface area contributed by atoms with Gasteiger partial charge in [-0.1, -0.05) is 25.1 Å². The lowest BCUT2D eigenvalue weighted by atomic mass is 9.93. The molecule has 1 aromatic heterocycles. The number of aromatic nitrogens is 1. The monoisotopic (exact) mass is 302 g/mol. The number of aryl methyl sites for hydroxylation is 1. The summed E-state index contributed by atoms with van der Waals surface area (Å²) < 4.78 is 5.40. The van der Waals surface area contributed by atoms with E-state index in [1.165, 1.54) is 23.4 Å². The molecule has 0 bridgehead atoms. The number of rotatable bonds is 4. The molecule has 0 radical (unpaired) electrons. The minimum Gasteiger partial charge on any atom is -0.496 e. The maximum absolute atomic E-state index is 6.38. The van der Waals surface area contributed by atoms with Crippen LogP contribution >= 0.6 is 11.3 Å². The van der Waals surface area contributed by atoms with Gasteiger partial charge in [0.15, 0.2) is 0 Å². The molecule has 112 valence electrons. The van der Waals surface area contributed by atoms with Gasteiger partial charge in [0.2, 0.25) is 0 Å². The first kappa shape index (κ1) is 14.5. The van der Waals surface area contributed by atoms with Crippen molar-refractivity contribution in [1.82, 2.24) is 4.98 Å². The van der Waals surface area contributed by atoms with Crippen LogP contribution in [0.2, 0.25) is 0 Å². The van der Waals surface area contributed by atoms with E-state index >= 15 is 0 Å². The lowest BCUT2D eigenvalue weighted by molar-refractivity contribution is 0.405. The molecule has 1 aromatic carbocycles. The molecule has 3 rings (SSSR count). The Labute approximate surface area is 130 Å². The summed E-state index contributed by atoms with van der Waals surface area (Å²) in [6.07, 6.45) is 4.34. The number of benzene rings is 1. The molecule has 0 saturated heterocycles. The van der Waals surface area contributed by atoms with Gasteiger partial charge < -0.3 is 10.5 Å². The highest BCUT2D eigenvalue weighted by atomic mass is 32.1. The number of thiazole rings is 1. The van der Waals surface area contributed by atoms with Crippen molar-refractivity contribution in [3.05, 3.63) is 45.4 Å². The van der Waals surface area contributed by atoms with Gasteiger partial charge >= 0.3 is 0 Å². The Bertz CT molecular complexity index is 623. The molecule has 1 aliphatic carbocycles. The number of nitrogens with two attached hydrogens (primary N) is 1. The van der Waals surface area contributed by atoms with Gasteiger partial charge in [-0.05, 0) is 31.2 Å². The molecule has 1 aliphatic rings. The molecule has 4 heteroatoms. The van der Waals surface area contributed by atoms with E-state index in [1.807, 2.05) is 35.6 Å². The molecule has 2 atom stereocenters. The SMILES string of the molecule is COc1ccccc1C(N)Cc1nc2c(s1)CC(C)CC2. The third-order valence-corrected chi connectivity index (χ3v) is 5.31. The highest BCUT2D eigenvalue weighted by Gasteiger charge is 2.21. The van der Waals surface area contributed by atoms with Crippen LogP contribution in [0.3, 0.4) is 0 Å². The molecule has 0 amide bonds. The average Bonchev–Trinajstić information content (AvgIpc) is 2.88. The fourth-order valence-corrected chi connectivity index (χ4v) is 4.29. The second-order valence-corrected chi connectivity index (χ2v) is 7.05. The summed E-state index contributed by atoms with van der Waals surface area (Å²) in [5.41, 5.74) is 8.74. The van der Waals surface area contributed by atoms with E-state index in [0.29, 0.717) is 0 Å². The maximum Gasteiger partial charge on any atom is 0.123 e. The predicted octanol–water partition coefficient (Wildman–Crippen LogP) is 3.52. The fraction of sp³-hybridized carbons (Fsp3) is 0.471. The van der Waals surface area contributed by atoms with Gasteiger partial charge in [-0.25, -0.2) is 4.98 Å². The number of methoxy groups -OCH3 is 1. The maximum atomic E-state index is 6.38. The first-order valence-corrected chi connectivity index (χ1v) is 8.35. The van der Waals surface area contributed by atoms with E-state index in [4.69, 9.17) is 15.5 Å². The lowest BCUT2D eigenvalue weighted by Crippen LogP contribution is -2.14. The van der Waals surface area contributed by atoms with Crippen LogP contribution in [-0.2, 0) is 19.3 Å². The smallest absolute Gasteiger partial charge is 0.123 e. The standard InChI is InChI=1S/C17H22N2OS/c1-11-7-8-14-16(9-11)21-17(19-14)10-13(18)12-5-3-4-6-15(12)20-2/h3-6,11,13H,7-10,18H2,1-2H3. The van der Waals surface area contributed by atoms with Crippen LogP contribution in [0, 0.1) is 5.92 Å². The van der Waals surface area contributed by atoms with Gasteiger partial charge in [0.05, 0.1) is 17.8 Å². The highest BCUT2D eigenvalue weighted by molar-refractivity contribution is 7.11. The topological polar surface area (TPSA) is 48.1 Å². The summed E-state index contributed by atoms with van der Waals surface area (Å²) >= 11 is 1.84. The van der Waals surface area contributed by atoms with Crippen molar-refractivity contribution in [3.8, 4) is 5.75 Å². The Hall–Kier alpha value is -1.39. The third kappa shape index (κ3) is 3.11. The molecular weight excluding hydrogens is 280 g/mol. The largest absolute Gasteiger partial charge is 0.496 e. The Morgan fingerprint density at radius 2 is 2.24 bits per heavy atom. The molecule has 2 unspecified atom stereocenters. The predicted molar refractivity (Wildman–Crippen MR) is 86.9 cm³/mol. The molecule has 3 nitrogen and oxygen atoms in total. The summed E-state index contributed by atoms with van der Waals surface area (Å²) in [4.78, 5) is 6.27. The molecular formula is C17H22N2OS. The zero-order valence-electron chi connectivity index (χ0n) is 12.6. The van der Waals surface area contributed by atoms with Crippen molar-refractivity contribution in [3.63, 3.8) is 0 Å². The van der Waals surface area contributed by atoms with Crippen molar-refractivity contribution in [2.75, 3.05) is 7.11 Å². The third-order valence-electron chi connectivity index (χ3n) is 4.16. The average molecular weight is 302 g/mol. The van der Waals surface area contributed by atoms with Crippen LogP contribution in [0.25, 0.3) is 0 Å². The van der Waals surface area contributed by atoms with Crippen molar-refractivity contribution in [2.24, 2.45) is 11.7 Å². The van der Waals surface area contributed by atoms with E-state index in [9.17, 15) is 0 Å². The molecule has 0 saturated carbocycles. The van der Waals surface area contributed by atoms with E-state index in [1.54, 1.807) is 7.11 Å². The summed E-state index contributed by atoms with van der Waals surface area (Å²) in [6.45, 7) is 2.32. The van der Waals surface area contributed by atoms with Crippen molar-refractivity contribution >= 4 is 11.3 Å². The molecule has 0 aliphatic heterocycles. The fourth-order valence-electron chi connectivity index (χ4n) is 2.95. The summed E-state index contributed by atoms with van der Waals surface area (Å²) in [5, 5.41) is 1.16. The Kier molecular flexibility index (Phi) is 4.27. The van der Waals surface area contributed by atoms with Gasteiger partial charge in [-0.15, -0.1) is 11.3 Å². The first-order chi connectivity index (χ1) is 10.2. The second-order valence-electron chi connectivity index (χ2n) is 5.88. The number of fused-ring (bicyclic) bond motifs is 1. The van der Waals surface area contributed by atoms with E-state index in [0.717, 1.165) is 35.1 Å². The van der Waals surface area contributed by atoms with Crippen LogP contribution in [0.15, 0.2) is 24.3 Å². The van der Waals surface area contributed by atoms with Crippen LogP contribution in [0.1, 0.15) is 40.5 Å². The zero-order valence-corrected chi connectivity index (χ0v) is 13.5. The molecule has 2 N–H and O–H groups in total. The van der Waals surface area contributed by atoms with Gasteiger partial charge in [0.1, 0.15) is 5.75 Å². The van der Waals surface area contributed by atoms with Crippen molar-refractivity contribution < 1.29 is 4.74 Å². The highest BCUT2D eigenvalue weighted by Crippen LogP contribution is 2.32. The van der Waals surface area contributed by atoms with Crippen LogP contribution < -0.4 is 10.5 Å². The van der Waals surface area contributed by atoms with E-state index < -0.39 is 0 Å². The number of hydrogen-bond donors (Lipinski definition) is 1. The summed E-state index contributed by atoms with van der Waals surface area (Å²) in [6, 6.07) is 7.92. The normalized spacial score (nSPS) is 19.1. The molecule has 2 aromatic rings. The minimum atomic E-state index is -0.0637. The lowest BCUT2D eigenvalue weighted by Gasteiger charge is -2.15. The second kappa shape index (κ2) is 6.16. The van der Waals surface area contributed by atoms with Crippen LogP contribution in [0.5, 0.6) is 5.75 Å². The van der Waals surface area contributed by atoms with Gasteiger partial charge in [-0.3, -0.25) is 0 Å². The zero-order chi connectivity index (χ0) is 14.8. The number of nitrogens with zero attached hydrogens (tertiary/aromatic N) is 1. The molecule has 21 heavy (non-hydrogen) atoms.